The van der Waals surface area contributed by atoms with E-state index in [1.807, 2.05) is 48.7 Å². The third-order valence-corrected chi connectivity index (χ3v) is 6.22. The molecule has 4 aromatic rings. The van der Waals surface area contributed by atoms with Crippen molar-refractivity contribution in [3.63, 3.8) is 0 Å². The molecule has 2 aromatic heterocycles. The summed E-state index contributed by atoms with van der Waals surface area (Å²) >= 11 is 7.52. The first-order valence-electron chi connectivity index (χ1n) is 9.41. The lowest BCUT2D eigenvalue weighted by Gasteiger charge is -2.14. The quantitative estimate of drug-likeness (QED) is 0.392. The van der Waals surface area contributed by atoms with Crippen molar-refractivity contribution in [2.75, 3.05) is 0 Å². The second-order valence-corrected chi connectivity index (χ2v) is 8.29. The molecule has 0 aliphatic rings. The lowest BCUT2D eigenvalue weighted by atomic mass is 10.1. The second kappa shape index (κ2) is 8.42. The normalized spacial score (nSPS) is 12.1. The number of fused-ring (bicyclic) bond motifs is 1. The summed E-state index contributed by atoms with van der Waals surface area (Å²) in [4.78, 5) is 30.9. The molecule has 0 aliphatic heterocycles. The third kappa shape index (κ3) is 3.88. The molecule has 5 nitrogen and oxygen atoms in total. The van der Waals surface area contributed by atoms with Crippen molar-refractivity contribution in [1.82, 2.24) is 9.55 Å². The zero-order valence-electron chi connectivity index (χ0n) is 16.5. The van der Waals surface area contributed by atoms with Crippen LogP contribution in [0.4, 0.5) is 0 Å². The van der Waals surface area contributed by atoms with Crippen LogP contribution in [0.5, 0.6) is 0 Å². The molecule has 2 aromatic carbocycles. The number of nitrogens with zero attached hydrogens (tertiary/aromatic N) is 2. The fourth-order valence-electron chi connectivity index (χ4n) is 3.17. The SMILES string of the molecule is Cc1ccc(-c2csc3ncn([C@H](C)C(=O)OCc4ccccc4Cl)c(=O)c23)cc1. The molecule has 0 saturated heterocycles. The van der Waals surface area contributed by atoms with E-state index < -0.39 is 12.0 Å². The van der Waals surface area contributed by atoms with Gasteiger partial charge in [-0.25, -0.2) is 9.78 Å². The smallest absolute Gasteiger partial charge is 0.329 e. The molecule has 4 rings (SSSR count). The summed E-state index contributed by atoms with van der Waals surface area (Å²) in [5.74, 6) is -0.523. The fraction of sp³-hybridized carbons (Fsp3) is 0.174. The predicted octanol–water partition coefficient (Wildman–Crippen LogP) is 5.39. The van der Waals surface area contributed by atoms with E-state index in [0.717, 1.165) is 16.7 Å². The number of aromatic nitrogens is 2. The summed E-state index contributed by atoms with van der Waals surface area (Å²) in [6.45, 7) is 3.68. The van der Waals surface area contributed by atoms with E-state index in [2.05, 4.69) is 4.98 Å². The molecule has 0 saturated carbocycles. The Morgan fingerprint density at radius 2 is 1.93 bits per heavy atom. The minimum absolute atomic E-state index is 0.0420. The molecule has 1 atom stereocenters. The number of benzene rings is 2. The van der Waals surface area contributed by atoms with Crippen molar-refractivity contribution >= 4 is 39.1 Å². The topological polar surface area (TPSA) is 61.2 Å². The molecule has 30 heavy (non-hydrogen) atoms. The Kier molecular flexibility index (Phi) is 5.70. The van der Waals surface area contributed by atoms with E-state index >= 15 is 0 Å². The average molecular weight is 439 g/mol. The van der Waals surface area contributed by atoms with E-state index in [1.165, 1.54) is 22.2 Å². The number of ether oxygens (including phenoxy) is 1. The van der Waals surface area contributed by atoms with Gasteiger partial charge in [0.05, 0.1) is 11.7 Å². The van der Waals surface area contributed by atoms with Gasteiger partial charge >= 0.3 is 5.97 Å². The van der Waals surface area contributed by atoms with Crippen LogP contribution in [0, 0.1) is 6.92 Å². The molecule has 0 aliphatic carbocycles. The lowest BCUT2D eigenvalue weighted by Crippen LogP contribution is -2.29. The van der Waals surface area contributed by atoms with Gasteiger partial charge in [0.2, 0.25) is 0 Å². The zero-order chi connectivity index (χ0) is 21.3. The Morgan fingerprint density at radius 3 is 2.67 bits per heavy atom. The summed E-state index contributed by atoms with van der Waals surface area (Å²) < 4.78 is 6.71. The number of esters is 1. The van der Waals surface area contributed by atoms with Crippen LogP contribution in [-0.2, 0) is 16.1 Å². The van der Waals surface area contributed by atoms with Crippen LogP contribution >= 0.6 is 22.9 Å². The molecule has 0 amide bonds. The van der Waals surface area contributed by atoms with Crippen molar-refractivity contribution in [1.29, 1.82) is 0 Å². The van der Waals surface area contributed by atoms with E-state index in [-0.39, 0.29) is 12.2 Å². The minimum atomic E-state index is -0.817. The molecule has 0 N–H and O–H groups in total. The molecule has 7 heteroatoms. The number of rotatable bonds is 5. The zero-order valence-corrected chi connectivity index (χ0v) is 18.0. The highest BCUT2D eigenvalue weighted by molar-refractivity contribution is 7.17. The standard InChI is InChI=1S/C23H19ClN2O3S/c1-14-7-9-16(10-8-14)18-12-30-21-20(18)22(27)26(13-25-21)15(2)23(28)29-11-17-5-3-4-6-19(17)24/h3-10,12-13,15H,11H2,1-2H3/t15-/m1/s1. The molecular formula is C23H19ClN2O3S. The highest BCUT2D eigenvalue weighted by atomic mass is 35.5. The lowest BCUT2D eigenvalue weighted by molar-refractivity contribution is -0.148. The van der Waals surface area contributed by atoms with Gasteiger partial charge in [-0.3, -0.25) is 9.36 Å². The van der Waals surface area contributed by atoms with E-state index in [0.29, 0.717) is 20.8 Å². The molecular weight excluding hydrogens is 420 g/mol. The minimum Gasteiger partial charge on any atom is -0.459 e. The maximum atomic E-state index is 13.2. The Balaban J connectivity index is 1.63. The van der Waals surface area contributed by atoms with Gasteiger partial charge in [0.25, 0.3) is 5.56 Å². The third-order valence-electron chi connectivity index (χ3n) is 4.97. The number of halogens is 1. The van der Waals surface area contributed by atoms with Crippen molar-refractivity contribution in [2.24, 2.45) is 0 Å². The molecule has 0 spiro atoms. The number of thiophene rings is 1. The number of carbonyl (C=O) groups is 1. The molecule has 0 fully saturated rings. The van der Waals surface area contributed by atoms with Gasteiger partial charge in [-0.05, 0) is 25.5 Å². The van der Waals surface area contributed by atoms with Gasteiger partial charge in [0, 0.05) is 21.5 Å². The van der Waals surface area contributed by atoms with Gasteiger partial charge in [0.1, 0.15) is 17.5 Å². The van der Waals surface area contributed by atoms with Crippen LogP contribution in [0.2, 0.25) is 5.02 Å². The van der Waals surface area contributed by atoms with Crippen molar-refractivity contribution < 1.29 is 9.53 Å². The van der Waals surface area contributed by atoms with Gasteiger partial charge < -0.3 is 4.74 Å². The Hall–Kier alpha value is -2.96. The van der Waals surface area contributed by atoms with Crippen LogP contribution < -0.4 is 5.56 Å². The number of hydrogen-bond acceptors (Lipinski definition) is 5. The van der Waals surface area contributed by atoms with Crippen molar-refractivity contribution in [2.45, 2.75) is 26.5 Å². The molecule has 2 heterocycles. The van der Waals surface area contributed by atoms with Crippen LogP contribution in [0.1, 0.15) is 24.1 Å². The van der Waals surface area contributed by atoms with Crippen LogP contribution in [0.3, 0.4) is 0 Å². The predicted molar refractivity (Wildman–Crippen MR) is 120 cm³/mol. The highest BCUT2D eigenvalue weighted by Crippen LogP contribution is 2.31. The summed E-state index contributed by atoms with van der Waals surface area (Å²) in [7, 11) is 0. The van der Waals surface area contributed by atoms with Gasteiger partial charge in [-0.1, -0.05) is 59.6 Å². The molecule has 0 bridgehead atoms. The number of hydrogen-bond donors (Lipinski definition) is 0. The van der Waals surface area contributed by atoms with Gasteiger partial charge in [-0.2, -0.15) is 0 Å². The van der Waals surface area contributed by atoms with E-state index in [9.17, 15) is 9.59 Å². The maximum Gasteiger partial charge on any atom is 0.329 e. The van der Waals surface area contributed by atoms with Crippen molar-refractivity contribution in [3.05, 3.63) is 86.7 Å². The fourth-order valence-corrected chi connectivity index (χ4v) is 4.26. The average Bonchev–Trinajstić information content (AvgIpc) is 3.18. The molecule has 152 valence electrons. The summed E-state index contributed by atoms with van der Waals surface area (Å²) in [6, 6.07) is 14.3. The summed E-state index contributed by atoms with van der Waals surface area (Å²) in [5, 5.41) is 2.96. The number of aryl methyl sites for hydroxylation is 1. The van der Waals surface area contributed by atoms with Gasteiger partial charge in [0.15, 0.2) is 0 Å². The first-order valence-corrected chi connectivity index (χ1v) is 10.7. The first-order chi connectivity index (χ1) is 14.5. The van der Waals surface area contributed by atoms with Crippen LogP contribution in [0.25, 0.3) is 21.3 Å². The van der Waals surface area contributed by atoms with Crippen LogP contribution in [-0.4, -0.2) is 15.5 Å². The van der Waals surface area contributed by atoms with Crippen molar-refractivity contribution in [3.8, 4) is 11.1 Å². The highest BCUT2D eigenvalue weighted by Gasteiger charge is 2.21. The Labute approximate surface area is 182 Å². The second-order valence-electron chi connectivity index (χ2n) is 7.03. The Morgan fingerprint density at radius 1 is 1.20 bits per heavy atom. The van der Waals surface area contributed by atoms with E-state index in [4.69, 9.17) is 16.3 Å². The Bertz CT molecular complexity index is 1280. The largest absolute Gasteiger partial charge is 0.459 e. The van der Waals surface area contributed by atoms with E-state index in [1.54, 1.807) is 19.1 Å². The first kappa shape index (κ1) is 20.3. The van der Waals surface area contributed by atoms with Crippen LogP contribution in [0.15, 0.2) is 65.0 Å². The molecule has 0 unspecified atom stereocenters. The molecule has 0 radical (unpaired) electrons. The van der Waals surface area contributed by atoms with Gasteiger partial charge in [-0.15, -0.1) is 11.3 Å². The summed E-state index contributed by atoms with van der Waals surface area (Å²) in [6.07, 6.45) is 1.40. The monoisotopic (exact) mass is 438 g/mol. The maximum absolute atomic E-state index is 13.2. The number of carbonyl (C=O) groups excluding carboxylic acids is 1. The summed E-state index contributed by atoms with van der Waals surface area (Å²) in [5.41, 5.74) is 3.35.